The number of rotatable bonds is 4. The first-order valence-corrected chi connectivity index (χ1v) is 8.05. The Morgan fingerprint density at radius 1 is 1.38 bits per heavy atom. The summed E-state index contributed by atoms with van der Waals surface area (Å²) >= 11 is 1.46. The second kappa shape index (κ2) is 6.30. The number of carbonyl (C=O) groups excluding carboxylic acids is 1. The molecule has 1 atom stereocenters. The first-order chi connectivity index (χ1) is 10.2. The van der Waals surface area contributed by atoms with Crippen molar-refractivity contribution in [2.24, 2.45) is 0 Å². The lowest BCUT2D eigenvalue weighted by Crippen LogP contribution is -2.25. The average Bonchev–Trinajstić information content (AvgIpc) is 2.91. The van der Waals surface area contributed by atoms with Gasteiger partial charge >= 0.3 is 0 Å². The lowest BCUT2D eigenvalue weighted by Gasteiger charge is -2.17. The maximum Gasteiger partial charge on any atom is 0.238 e. The summed E-state index contributed by atoms with van der Waals surface area (Å²) in [4.78, 5) is 20.9. The van der Waals surface area contributed by atoms with Crippen LogP contribution in [0.15, 0.2) is 35.6 Å². The third-order valence-electron chi connectivity index (χ3n) is 3.53. The molecule has 2 aromatic rings. The standard InChI is InChI=1S/C15H18N4OS/c1-11(21-14-7-2-4-8-16-14)15(20)18-13-10-17-12-6-3-5-9-19(12)13/h2,4,7-8,10-11H,3,5-6,9H2,1H3,(H,18,20)/t11-/m1/s1. The topological polar surface area (TPSA) is 59.8 Å². The fourth-order valence-electron chi connectivity index (χ4n) is 2.40. The summed E-state index contributed by atoms with van der Waals surface area (Å²) in [6, 6.07) is 5.70. The van der Waals surface area contributed by atoms with Gasteiger partial charge in [-0.25, -0.2) is 9.97 Å². The summed E-state index contributed by atoms with van der Waals surface area (Å²) in [6.07, 6.45) is 6.81. The van der Waals surface area contributed by atoms with Crippen LogP contribution in [-0.4, -0.2) is 25.7 Å². The predicted molar refractivity (Wildman–Crippen MR) is 83.4 cm³/mol. The van der Waals surface area contributed by atoms with Crippen molar-refractivity contribution in [3.8, 4) is 0 Å². The number of aryl methyl sites for hydroxylation is 1. The molecule has 21 heavy (non-hydrogen) atoms. The molecule has 1 aliphatic heterocycles. The Hall–Kier alpha value is -1.82. The molecule has 1 N–H and O–H groups in total. The number of thioether (sulfide) groups is 1. The van der Waals surface area contributed by atoms with E-state index in [1.54, 1.807) is 12.4 Å². The highest BCUT2D eigenvalue weighted by atomic mass is 32.2. The van der Waals surface area contributed by atoms with E-state index in [1.807, 2.05) is 25.1 Å². The molecule has 6 heteroatoms. The third-order valence-corrected chi connectivity index (χ3v) is 4.58. The van der Waals surface area contributed by atoms with Gasteiger partial charge in [-0.3, -0.25) is 4.79 Å². The molecule has 3 rings (SSSR count). The van der Waals surface area contributed by atoms with Gasteiger partial charge in [0.15, 0.2) is 0 Å². The van der Waals surface area contributed by atoms with Crippen LogP contribution in [0.25, 0.3) is 0 Å². The number of hydrogen-bond donors (Lipinski definition) is 1. The van der Waals surface area contributed by atoms with Gasteiger partial charge in [-0.15, -0.1) is 0 Å². The molecule has 3 heterocycles. The summed E-state index contributed by atoms with van der Waals surface area (Å²) in [5.74, 6) is 1.86. The zero-order chi connectivity index (χ0) is 14.7. The fraction of sp³-hybridized carbons (Fsp3) is 0.400. The fourth-order valence-corrected chi connectivity index (χ4v) is 3.20. The first kappa shape index (κ1) is 14.1. The van der Waals surface area contributed by atoms with E-state index in [9.17, 15) is 4.79 Å². The van der Waals surface area contributed by atoms with Crippen molar-refractivity contribution in [1.82, 2.24) is 14.5 Å². The third kappa shape index (κ3) is 3.26. The van der Waals surface area contributed by atoms with Gasteiger partial charge in [-0.2, -0.15) is 0 Å². The monoisotopic (exact) mass is 302 g/mol. The van der Waals surface area contributed by atoms with Crippen molar-refractivity contribution in [1.29, 1.82) is 0 Å². The summed E-state index contributed by atoms with van der Waals surface area (Å²) in [6.45, 7) is 2.83. The van der Waals surface area contributed by atoms with Gasteiger partial charge in [-0.1, -0.05) is 17.8 Å². The average molecular weight is 302 g/mol. The van der Waals surface area contributed by atoms with Crippen LogP contribution in [-0.2, 0) is 17.8 Å². The van der Waals surface area contributed by atoms with Gasteiger partial charge in [0, 0.05) is 19.2 Å². The van der Waals surface area contributed by atoms with Crippen LogP contribution in [0.5, 0.6) is 0 Å². The minimum absolute atomic E-state index is 0.0149. The van der Waals surface area contributed by atoms with Crippen molar-refractivity contribution in [3.05, 3.63) is 36.4 Å². The maximum absolute atomic E-state index is 12.3. The molecule has 0 bridgehead atoms. The zero-order valence-corrected chi connectivity index (χ0v) is 12.8. The van der Waals surface area contributed by atoms with Gasteiger partial charge in [0.2, 0.25) is 5.91 Å². The number of amides is 1. The van der Waals surface area contributed by atoms with E-state index in [0.717, 1.165) is 36.1 Å². The molecule has 0 aliphatic carbocycles. The Kier molecular flexibility index (Phi) is 4.24. The van der Waals surface area contributed by atoms with Crippen LogP contribution in [0, 0.1) is 0 Å². The highest BCUT2D eigenvalue weighted by Gasteiger charge is 2.19. The van der Waals surface area contributed by atoms with Crippen LogP contribution in [0.1, 0.15) is 25.6 Å². The molecular formula is C15H18N4OS. The summed E-state index contributed by atoms with van der Waals surface area (Å²) in [7, 11) is 0. The molecule has 0 saturated heterocycles. The van der Waals surface area contributed by atoms with Crippen molar-refractivity contribution in [2.45, 2.75) is 43.0 Å². The van der Waals surface area contributed by atoms with E-state index in [0.29, 0.717) is 0 Å². The number of pyridine rings is 1. The molecule has 5 nitrogen and oxygen atoms in total. The number of carbonyl (C=O) groups is 1. The Bertz CT molecular complexity index is 626. The smallest absolute Gasteiger partial charge is 0.238 e. The lowest BCUT2D eigenvalue weighted by molar-refractivity contribution is -0.115. The Labute approximate surface area is 128 Å². The molecule has 110 valence electrons. The summed E-state index contributed by atoms with van der Waals surface area (Å²) in [5, 5.41) is 3.64. The minimum Gasteiger partial charge on any atom is -0.315 e. The normalized spacial score (nSPS) is 15.3. The van der Waals surface area contributed by atoms with Crippen LogP contribution in [0.2, 0.25) is 0 Å². The van der Waals surface area contributed by atoms with Crippen molar-refractivity contribution < 1.29 is 4.79 Å². The molecule has 0 saturated carbocycles. The number of anilines is 1. The van der Waals surface area contributed by atoms with Crippen molar-refractivity contribution >= 4 is 23.5 Å². The number of aromatic nitrogens is 3. The number of nitrogens with one attached hydrogen (secondary N) is 1. The summed E-state index contributed by atoms with van der Waals surface area (Å²) in [5.41, 5.74) is 0. The van der Waals surface area contributed by atoms with Gasteiger partial charge in [0.1, 0.15) is 11.6 Å². The van der Waals surface area contributed by atoms with Gasteiger partial charge in [-0.05, 0) is 31.9 Å². The number of imidazole rings is 1. The van der Waals surface area contributed by atoms with E-state index in [-0.39, 0.29) is 11.2 Å². The highest BCUT2D eigenvalue weighted by molar-refractivity contribution is 8.00. The van der Waals surface area contributed by atoms with Gasteiger partial charge < -0.3 is 9.88 Å². The number of fused-ring (bicyclic) bond motifs is 1. The Balaban J connectivity index is 1.64. The second-order valence-electron chi connectivity index (χ2n) is 5.09. The predicted octanol–water partition coefficient (Wildman–Crippen LogP) is 2.73. The molecule has 1 aliphatic rings. The quantitative estimate of drug-likeness (QED) is 0.882. The maximum atomic E-state index is 12.3. The van der Waals surface area contributed by atoms with E-state index in [2.05, 4.69) is 19.9 Å². The molecule has 2 aromatic heterocycles. The zero-order valence-electron chi connectivity index (χ0n) is 12.0. The van der Waals surface area contributed by atoms with Crippen LogP contribution < -0.4 is 5.32 Å². The SMILES string of the molecule is C[C@@H](Sc1ccccn1)C(=O)Nc1cnc2n1CCCC2. The van der Waals surface area contributed by atoms with E-state index >= 15 is 0 Å². The van der Waals surface area contributed by atoms with E-state index in [4.69, 9.17) is 0 Å². The first-order valence-electron chi connectivity index (χ1n) is 7.17. The molecular weight excluding hydrogens is 284 g/mol. The largest absolute Gasteiger partial charge is 0.315 e. The molecule has 0 aromatic carbocycles. The molecule has 0 radical (unpaired) electrons. The van der Waals surface area contributed by atoms with Gasteiger partial charge in [0.05, 0.1) is 16.5 Å². The van der Waals surface area contributed by atoms with Crippen LogP contribution in [0.3, 0.4) is 0 Å². The minimum atomic E-state index is -0.199. The van der Waals surface area contributed by atoms with Crippen LogP contribution in [0.4, 0.5) is 5.82 Å². The Morgan fingerprint density at radius 3 is 3.10 bits per heavy atom. The van der Waals surface area contributed by atoms with E-state index < -0.39 is 0 Å². The Morgan fingerprint density at radius 2 is 2.29 bits per heavy atom. The number of hydrogen-bond acceptors (Lipinski definition) is 4. The van der Waals surface area contributed by atoms with Crippen LogP contribution >= 0.6 is 11.8 Å². The van der Waals surface area contributed by atoms with Crippen molar-refractivity contribution in [2.75, 3.05) is 5.32 Å². The lowest BCUT2D eigenvalue weighted by atomic mass is 10.2. The highest BCUT2D eigenvalue weighted by Crippen LogP contribution is 2.23. The molecule has 0 unspecified atom stereocenters. The number of nitrogens with zero attached hydrogens (tertiary/aromatic N) is 3. The van der Waals surface area contributed by atoms with Crippen molar-refractivity contribution in [3.63, 3.8) is 0 Å². The molecule has 0 fully saturated rings. The summed E-state index contributed by atoms with van der Waals surface area (Å²) < 4.78 is 2.11. The second-order valence-corrected chi connectivity index (χ2v) is 6.45. The molecule has 0 spiro atoms. The van der Waals surface area contributed by atoms with E-state index in [1.165, 1.54) is 18.2 Å². The molecule has 1 amide bonds. The van der Waals surface area contributed by atoms with Gasteiger partial charge in [0.25, 0.3) is 0 Å².